The highest BCUT2D eigenvalue weighted by Crippen LogP contribution is 2.39. The van der Waals surface area contributed by atoms with Crippen LogP contribution in [0.2, 0.25) is 0 Å². The molecule has 28 heavy (non-hydrogen) atoms. The molecule has 5 rings (SSSR count). The van der Waals surface area contributed by atoms with Gasteiger partial charge in [-0.3, -0.25) is 9.69 Å². The number of carbonyl (C=O) groups excluding carboxylic acids is 1. The third-order valence-corrected chi connectivity index (χ3v) is 6.29. The first-order chi connectivity index (χ1) is 13.7. The van der Waals surface area contributed by atoms with Crippen molar-refractivity contribution in [3.63, 3.8) is 0 Å². The molecule has 4 heterocycles. The van der Waals surface area contributed by atoms with E-state index in [9.17, 15) is 4.79 Å². The molecule has 2 fully saturated rings. The third kappa shape index (κ3) is 3.03. The predicted molar refractivity (Wildman–Crippen MR) is 110 cm³/mol. The number of fused-ring (bicyclic) bond motifs is 3. The molecule has 1 aromatic carbocycles. The van der Waals surface area contributed by atoms with E-state index in [4.69, 9.17) is 5.73 Å². The summed E-state index contributed by atoms with van der Waals surface area (Å²) in [4.78, 5) is 22.0. The molecule has 3 atom stereocenters. The van der Waals surface area contributed by atoms with Crippen LogP contribution in [0.4, 0.5) is 5.69 Å². The highest BCUT2D eigenvalue weighted by atomic mass is 16.1. The molecule has 2 aliphatic heterocycles. The number of anilines is 1. The molecule has 2 saturated heterocycles. The van der Waals surface area contributed by atoms with Gasteiger partial charge >= 0.3 is 0 Å². The Morgan fingerprint density at radius 3 is 2.64 bits per heavy atom. The number of nitrogens with two attached hydrogens (primary N) is 1. The second kappa shape index (κ2) is 6.95. The maximum Gasteiger partial charge on any atom is 0.252 e. The predicted octanol–water partition coefficient (Wildman–Crippen LogP) is 3.27. The van der Waals surface area contributed by atoms with E-state index in [2.05, 4.69) is 50.5 Å². The number of primary amides is 1. The number of aromatic amines is 1. The molecule has 144 valence electrons. The molecule has 0 spiro atoms. The van der Waals surface area contributed by atoms with Gasteiger partial charge in [0.2, 0.25) is 0 Å². The maximum atomic E-state index is 11.9. The molecule has 0 unspecified atom stereocenters. The number of hydrogen-bond donors (Lipinski definition) is 3. The average Bonchev–Trinajstić information content (AvgIpc) is 3.25. The lowest BCUT2D eigenvalue weighted by Gasteiger charge is -2.39. The Hall–Kier alpha value is -2.86. The van der Waals surface area contributed by atoms with Crippen LogP contribution >= 0.6 is 0 Å². The van der Waals surface area contributed by atoms with E-state index >= 15 is 0 Å². The Kier molecular flexibility index (Phi) is 4.28. The van der Waals surface area contributed by atoms with Gasteiger partial charge in [0, 0.05) is 42.5 Å². The zero-order valence-electron chi connectivity index (χ0n) is 15.8. The van der Waals surface area contributed by atoms with Crippen molar-refractivity contribution in [2.24, 2.45) is 5.73 Å². The fourth-order valence-electron chi connectivity index (χ4n) is 5.00. The number of H-pyrrole nitrogens is 1. The molecule has 6 nitrogen and oxygen atoms in total. The van der Waals surface area contributed by atoms with Gasteiger partial charge < -0.3 is 16.0 Å². The summed E-state index contributed by atoms with van der Waals surface area (Å²) in [6, 6.07) is 14.2. The summed E-state index contributed by atoms with van der Waals surface area (Å²) in [5, 5.41) is 4.58. The van der Waals surface area contributed by atoms with Gasteiger partial charge in [-0.15, -0.1) is 0 Å². The largest absolute Gasteiger partial charge is 0.381 e. The molecule has 6 heteroatoms. The van der Waals surface area contributed by atoms with Crippen molar-refractivity contribution in [2.45, 2.75) is 50.4 Å². The zero-order chi connectivity index (χ0) is 19.1. The van der Waals surface area contributed by atoms with Crippen molar-refractivity contribution in [1.82, 2.24) is 14.9 Å². The van der Waals surface area contributed by atoms with E-state index in [-0.39, 0.29) is 0 Å². The van der Waals surface area contributed by atoms with E-state index in [1.165, 1.54) is 18.4 Å². The molecule has 2 bridgehead atoms. The van der Waals surface area contributed by atoms with Gasteiger partial charge in [-0.2, -0.15) is 0 Å². The normalized spacial score (nSPS) is 24.5. The lowest BCUT2D eigenvalue weighted by Crippen LogP contribution is -2.46. The lowest BCUT2D eigenvalue weighted by atomic mass is 9.95. The second-order valence-corrected chi connectivity index (χ2v) is 8.01. The van der Waals surface area contributed by atoms with Gasteiger partial charge in [0.15, 0.2) is 0 Å². The number of amides is 1. The van der Waals surface area contributed by atoms with E-state index in [0.29, 0.717) is 23.7 Å². The van der Waals surface area contributed by atoms with E-state index in [1.54, 1.807) is 6.20 Å². The van der Waals surface area contributed by atoms with Crippen LogP contribution < -0.4 is 11.1 Å². The van der Waals surface area contributed by atoms with E-state index in [0.717, 1.165) is 36.1 Å². The fourth-order valence-corrected chi connectivity index (χ4v) is 5.00. The third-order valence-electron chi connectivity index (χ3n) is 6.29. The van der Waals surface area contributed by atoms with Gasteiger partial charge in [0.1, 0.15) is 5.65 Å². The smallest absolute Gasteiger partial charge is 0.252 e. The van der Waals surface area contributed by atoms with Crippen LogP contribution in [-0.2, 0) is 6.54 Å². The van der Waals surface area contributed by atoms with Gasteiger partial charge in [-0.1, -0.05) is 30.3 Å². The Labute approximate surface area is 164 Å². The Morgan fingerprint density at radius 2 is 1.93 bits per heavy atom. The molecule has 2 aliphatic rings. The fraction of sp³-hybridized carbons (Fsp3) is 0.364. The first-order valence-corrected chi connectivity index (χ1v) is 10.0. The maximum absolute atomic E-state index is 11.9. The number of nitrogens with zero attached hydrogens (tertiary/aromatic N) is 2. The molecular formula is C22H25N5O. The lowest BCUT2D eigenvalue weighted by molar-refractivity contribution is 0.100. The van der Waals surface area contributed by atoms with Crippen LogP contribution in [-0.4, -0.2) is 38.9 Å². The molecule has 0 aliphatic carbocycles. The molecule has 2 aromatic heterocycles. The van der Waals surface area contributed by atoms with Crippen LogP contribution in [0, 0.1) is 0 Å². The molecular weight excluding hydrogens is 350 g/mol. The molecule has 0 saturated carbocycles. The Balaban J connectivity index is 1.36. The number of pyridine rings is 1. The summed E-state index contributed by atoms with van der Waals surface area (Å²) in [6.07, 6.45) is 8.07. The van der Waals surface area contributed by atoms with Gasteiger partial charge in [0.05, 0.1) is 11.3 Å². The average molecular weight is 375 g/mol. The number of benzene rings is 1. The van der Waals surface area contributed by atoms with Crippen LogP contribution in [0.15, 0.2) is 48.8 Å². The molecule has 4 N–H and O–H groups in total. The van der Waals surface area contributed by atoms with Crippen LogP contribution in [0.1, 0.15) is 41.6 Å². The van der Waals surface area contributed by atoms with Gasteiger partial charge in [-0.25, -0.2) is 4.98 Å². The highest BCUT2D eigenvalue weighted by molar-refractivity contribution is 6.05. The van der Waals surface area contributed by atoms with Crippen molar-refractivity contribution in [3.05, 3.63) is 59.9 Å². The summed E-state index contributed by atoms with van der Waals surface area (Å²) < 4.78 is 0. The van der Waals surface area contributed by atoms with Gasteiger partial charge in [0.25, 0.3) is 5.91 Å². The zero-order valence-corrected chi connectivity index (χ0v) is 15.8. The number of carbonyl (C=O) groups is 1. The minimum atomic E-state index is -0.442. The standard InChI is InChI=1S/C22H25N5O/c23-21(28)19-12-25-22-18(8-9-24-22)20(19)26-15-10-16-6-7-17(11-15)27(16)13-14-4-2-1-3-5-14/h1-5,8-9,12,15-17H,6-7,10-11,13H2,(H2,23,28)(H2,24,25,26)/t15-,16-,17+. The molecule has 1 amide bonds. The summed E-state index contributed by atoms with van der Waals surface area (Å²) >= 11 is 0. The minimum absolute atomic E-state index is 0.336. The van der Waals surface area contributed by atoms with E-state index in [1.807, 2.05) is 12.3 Å². The molecule has 0 radical (unpaired) electrons. The van der Waals surface area contributed by atoms with Crippen LogP contribution in [0.3, 0.4) is 0 Å². The summed E-state index contributed by atoms with van der Waals surface area (Å²) in [5.41, 5.74) is 9.05. The summed E-state index contributed by atoms with van der Waals surface area (Å²) in [6.45, 7) is 1.02. The number of nitrogens with one attached hydrogen (secondary N) is 2. The first kappa shape index (κ1) is 17.3. The Bertz CT molecular complexity index is 985. The summed E-state index contributed by atoms with van der Waals surface area (Å²) in [5.74, 6) is -0.442. The molecule has 3 aromatic rings. The number of piperidine rings is 1. The number of aromatic nitrogens is 2. The number of rotatable bonds is 5. The van der Waals surface area contributed by atoms with Crippen molar-refractivity contribution in [2.75, 3.05) is 5.32 Å². The Morgan fingerprint density at radius 1 is 1.18 bits per heavy atom. The topological polar surface area (TPSA) is 87.0 Å². The quantitative estimate of drug-likeness (QED) is 0.639. The minimum Gasteiger partial charge on any atom is -0.381 e. The second-order valence-electron chi connectivity index (χ2n) is 8.01. The van der Waals surface area contributed by atoms with Crippen molar-refractivity contribution in [3.8, 4) is 0 Å². The SMILES string of the molecule is NC(=O)c1cnc2[nH]ccc2c1N[C@@H]1C[C@H]2CC[C@@H](C1)N2Cc1ccccc1. The number of hydrogen-bond acceptors (Lipinski definition) is 4. The monoisotopic (exact) mass is 375 g/mol. The van der Waals surface area contributed by atoms with Crippen molar-refractivity contribution >= 4 is 22.6 Å². The highest BCUT2D eigenvalue weighted by Gasteiger charge is 2.40. The first-order valence-electron chi connectivity index (χ1n) is 10.0. The van der Waals surface area contributed by atoms with Crippen LogP contribution in [0.25, 0.3) is 11.0 Å². The van der Waals surface area contributed by atoms with Gasteiger partial charge in [-0.05, 0) is 37.3 Å². The van der Waals surface area contributed by atoms with Crippen molar-refractivity contribution in [1.29, 1.82) is 0 Å². The van der Waals surface area contributed by atoms with Crippen LogP contribution in [0.5, 0.6) is 0 Å². The summed E-state index contributed by atoms with van der Waals surface area (Å²) in [7, 11) is 0. The van der Waals surface area contributed by atoms with E-state index < -0.39 is 5.91 Å². The van der Waals surface area contributed by atoms with Crippen molar-refractivity contribution < 1.29 is 4.79 Å².